The first-order valence-corrected chi connectivity index (χ1v) is 12.6. The van der Waals surface area contributed by atoms with E-state index in [1.165, 1.54) is 28.5 Å². The Bertz CT molecular complexity index is 1380. The highest BCUT2D eigenvalue weighted by atomic mass is 35.5. The molecule has 0 unspecified atom stereocenters. The van der Waals surface area contributed by atoms with E-state index in [1.807, 2.05) is 36.4 Å². The highest BCUT2D eigenvalue weighted by molar-refractivity contribution is 7.98. The molecule has 154 valence electrons. The summed E-state index contributed by atoms with van der Waals surface area (Å²) in [5, 5.41) is 0.678. The summed E-state index contributed by atoms with van der Waals surface area (Å²) in [5.74, 6) is 0.680. The van der Waals surface area contributed by atoms with Gasteiger partial charge in [-0.05, 0) is 48.0 Å². The number of hydrogen-bond acceptors (Lipinski definition) is 5. The predicted molar refractivity (Wildman–Crippen MR) is 125 cm³/mol. The Morgan fingerprint density at radius 1 is 1.07 bits per heavy atom. The fourth-order valence-corrected chi connectivity index (χ4v) is 6.16. The van der Waals surface area contributed by atoms with Crippen LogP contribution in [0.5, 0.6) is 0 Å². The number of thiazole rings is 1. The van der Waals surface area contributed by atoms with E-state index in [0.717, 1.165) is 21.8 Å². The van der Waals surface area contributed by atoms with E-state index in [9.17, 15) is 13.2 Å². The number of aromatic nitrogens is 1. The van der Waals surface area contributed by atoms with Gasteiger partial charge in [0.05, 0.1) is 20.8 Å². The van der Waals surface area contributed by atoms with Crippen LogP contribution in [0.15, 0.2) is 81.3 Å². The molecule has 1 heterocycles. The third-order valence-corrected chi connectivity index (χ3v) is 8.27. The maximum Gasteiger partial charge on any atom is 0.307 e. The van der Waals surface area contributed by atoms with E-state index in [4.69, 9.17) is 11.6 Å². The number of rotatable bonds is 6. The summed E-state index contributed by atoms with van der Waals surface area (Å²) in [6.07, 6.45) is 0. The number of benzene rings is 3. The highest BCUT2D eigenvalue weighted by Crippen LogP contribution is 2.32. The molecular formula is C21H17ClN2O3S3. The van der Waals surface area contributed by atoms with Gasteiger partial charge in [-0.25, -0.2) is 8.42 Å². The lowest BCUT2D eigenvalue weighted by Crippen LogP contribution is -2.13. The molecule has 4 rings (SSSR count). The van der Waals surface area contributed by atoms with Crippen LogP contribution in [-0.4, -0.2) is 13.0 Å². The lowest BCUT2D eigenvalue weighted by Gasteiger charge is -2.12. The van der Waals surface area contributed by atoms with E-state index in [1.54, 1.807) is 25.2 Å². The SMILES string of the molecule is Cn1c(=O)sc2cc(S(=O)(=O)Nc3ccccc3SCc3ccc(Cl)cc3)ccc21. The molecule has 0 bridgehead atoms. The molecule has 30 heavy (non-hydrogen) atoms. The summed E-state index contributed by atoms with van der Waals surface area (Å²) in [6.45, 7) is 0. The summed E-state index contributed by atoms with van der Waals surface area (Å²) < 4.78 is 30.8. The number of para-hydroxylation sites is 1. The molecule has 0 saturated carbocycles. The molecule has 0 aliphatic rings. The van der Waals surface area contributed by atoms with Crippen LogP contribution in [0.3, 0.4) is 0 Å². The van der Waals surface area contributed by atoms with Gasteiger partial charge in [0.25, 0.3) is 10.0 Å². The van der Waals surface area contributed by atoms with Crippen molar-refractivity contribution in [2.75, 3.05) is 4.72 Å². The zero-order valence-electron chi connectivity index (χ0n) is 15.8. The monoisotopic (exact) mass is 476 g/mol. The van der Waals surface area contributed by atoms with Crippen LogP contribution in [0, 0.1) is 0 Å². The molecular weight excluding hydrogens is 460 g/mol. The molecule has 0 saturated heterocycles. The van der Waals surface area contributed by atoms with E-state index < -0.39 is 10.0 Å². The van der Waals surface area contributed by atoms with Gasteiger partial charge in [-0.15, -0.1) is 11.8 Å². The molecule has 0 atom stereocenters. The van der Waals surface area contributed by atoms with E-state index >= 15 is 0 Å². The molecule has 0 aliphatic carbocycles. The molecule has 1 aromatic heterocycles. The van der Waals surface area contributed by atoms with Crippen molar-refractivity contribution in [3.8, 4) is 0 Å². The molecule has 0 spiro atoms. The van der Waals surface area contributed by atoms with Gasteiger partial charge in [0.2, 0.25) is 0 Å². The molecule has 3 aromatic carbocycles. The molecule has 0 fully saturated rings. The van der Waals surface area contributed by atoms with Crippen molar-refractivity contribution < 1.29 is 8.42 Å². The first-order valence-electron chi connectivity index (χ1n) is 8.92. The first kappa shape index (κ1) is 21.0. The third kappa shape index (κ3) is 4.41. The number of thioether (sulfide) groups is 1. The Hall–Kier alpha value is -2.26. The standard InChI is InChI=1S/C21H17ClN2O3S3/c1-24-18-11-10-16(12-20(18)29-21(24)25)30(26,27)23-17-4-2-3-5-19(17)28-13-14-6-8-15(22)9-7-14/h2-12,23H,13H2,1H3. The molecule has 0 aliphatic heterocycles. The molecule has 4 aromatic rings. The highest BCUT2D eigenvalue weighted by Gasteiger charge is 2.18. The van der Waals surface area contributed by atoms with Crippen molar-refractivity contribution in [3.63, 3.8) is 0 Å². The van der Waals surface area contributed by atoms with Crippen molar-refractivity contribution in [1.29, 1.82) is 0 Å². The van der Waals surface area contributed by atoms with Crippen LogP contribution in [0.4, 0.5) is 5.69 Å². The van der Waals surface area contributed by atoms with Crippen LogP contribution < -0.4 is 9.60 Å². The average Bonchev–Trinajstić information content (AvgIpc) is 3.01. The van der Waals surface area contributed by atoms with Crippen LogP contribution in [0.2, 0.25) is 5.02 Å². The van der Waals surface area contributed by atoms with Crippen molar-refractivity contribution in [1.82, 2.24) is 4.57 Å². The average molecular weight is 477 g/mol. The lowest BCUT2D eigenvalue weighted by atomic mass is 10.2. The Morgan fingerprint density at radius 2 is 1.80 bits per heavy atom. The Labute approximate surface area is 187 Å². The van der Waals surface area contributed by atoms with Crippen molar-refractivity contribution in [2.45, 2.75) is 15.5 Å². The molecule has 5 nitrogen and oxygen atoms in total. The predicted octanol–water partition coefficient (Wildman–Crippen LogP) is 5.35. The smallest absolute Gasteiger partial charge is 0.302 e. The van der Waals surface area contributed by atoms with E-state index in [0.29, 0.717) is 26.7 Å². The number of aryl methyl sites for hydroxylation is 1. The summed E-state index contributed by atoms with van der Waals surface area (Å²) >= 11 is 8.49. The number of fused-ring (bicyclic) bond motifs is 1. The minimum atomic E-state index is -3.80. The second kappa shape index (κ2) is 8.47. The number of nitrogens with zero attached hydrogens (tertiary/aromatic N) is 1. The second-order valence-electron chi connectivity index (χ2n) is 6.57. The minimum Gasteiger partial charge on any atom is -0.302 e. The van der Waals surface area contributed by atoms with Crippen LogP contribution in [-0.2, 0) is 22.8 Å². The summed E-state index contributed by atoms with van der Waals surface area (Å²) in [7, 11) is -2.14. The topological polar surface area (TPSA) is 68.2 Å². The zero-order chi connectivity index (χ0) is 21.3. The van der Waals surface area contributed by atoms with Crippen molar-refractivity contribution in [2.24, 2.45) is 7.05 Å². The first-order chi connectivity index (χ1) is 14.3. The number of halogens is 1. The van der Waals surface area contributed by atoms with Crippen molar-refractivity contribution in [3.05, 3.63) is 87.0 Å². The number of anilines is 1. The quantitative estimate of drug-likeness (QED) is 0.381. The van der Waals surface area contributed by atoms with Gasteiger partial charge in [-0.1, -0.05) is 47.2 Å². The number of sulfonamides is 1. The van der Waals surface area contributed by atoms with Crippen LogP contribution >= 0.6 is 34.7 Å². The van der Waals surface area contributed by atoms with Gasteiger partial charge in [0.15, 0.2) is 0 Å². The Balaban J connectivity index is 1.59. The van der Waals surface area contributed by atoms with Crippen LogP contribution in [0.25, 0.3) is 10.2 Å². The lowest BCUT2D eigenvalue weighted by molar-refractivity contribution is 0.601. The summed E-state index contributed by atoms with van der Waals surface area (Å²) in [4.78, 5) is 12.7. The van der Waals surface area contributed by atoms with E-state index in [2.05, 4.69) is 4.72 Å². The van der Waals surface area contributed by atoms with E-state index in [-0.39, 0.29) is 9.77 Å². The molecule has 1 N–H and O–H groups in total. The third-order valence-electron chi connectivity index (χ3n) is 4.51. The maximum atomic E-state index is 13.0. The van der Waals surface area contributed by atoms with Gasteiger partial charge >= 0.3 is 4.87 Å². The van der Waals surface area contributed by atoms with Gasteiger partial charge in [-0.3, -0.25) is 9.52 Å². The van der Waals surface area contributed by atoms with Crippen molar-refractivity contribution >= 4 is 60.6 Å². The van der Waals surface area contributed by atoms with Crippen LogP contribution in [0.1, 0.15) is 5.56 Å². The zero-order valence-corrected chi connectivity index (χ0v) is 19.0. The normalized spacial score (nSPS) is 11.7. The number of nitrogens with one attached hydrogen (secondary N) is 1. The Kier molecular flexibility index (Phi) is 5.92. The number of hydrogen-bond donors (Lipinski definition) is 1. The molecule has 0 radical (unpaired) electrons. The summed E-state index contributed by atoms with van der Waals surface area (Å²) in [5.41, 5.74) is 2.31. The minimum absolute atomic E-state index is 0.120. The fraction of sp³-hybridized carbons (Fsp3) is 0.0952. The van der Waals surface area contributed by atoms with Gasteiger partial charge in [-0.2, -0.15) is 0 Å². The second-order valence-corrected chi connectivity index (χ2v) is 10.7. The fourth-order valence-electron chi connectivity index (χ4n) is 2.90. The van der Waals surface area contributed by atoms with Gasteiger partial charge in [0, 0.05) is 22.7 Å². The van der Waals surface area contributed by atoms with Gasteiger partial charge < -0.3 is 4.57 Å². The van der Waals surface area contributed by atoms with Gasteiger partial charge in [0.1, 0.15) is 0 Å². The maximum absolute atomic E-state index is 13.0. The Morgan fingerprint density at radius 3 is 2.57 bits per heavy atom. The largest absolute Gasteiger partial charge is 0.307 e. The molecule has 9 heteroatoms. The molecule has 0 amide bonds. The summed E-state index contributed by atoms with van der Waals surface area (Å²) in [6, 6.07) is 19.5.